The average molecular weight is 258 g/mol. The number of piperidine rings is 1. The van der Waals surface area contributed by atoms with Crippen molar-refractivity contribution in [2.45, 2.75) is 57.7 Å². The zero-order chi connectivity index (χ0) is 12.8. The van der Waals surface area contributed by atoms with Gasteiger partial charge < -0.3 is 0 Å². The predicted molar refractivity (Wildman–Crippen MR) is 80.7 cm³/mol. The summed E-state index contributed by atoms with van der Waals surface area (Å²) in [6.45, 7) is 17.3. The normalized spacial score (nSPS) is 33.8. The van der Waals surface area contributed by atoms with Crippen LogP contribution in [0, 0.1) is 0 Å². The molecule has 2 unspecified atom stereocenters. The number of fused-ring (bicyclic) bond motifs is 4. The zero-order valence-electron chi connectivity index (χ0n) is 12.6. The molecule has 0 radical (unpaired) electrons. The van der Waals surface area contributed by atoms with Gasteiger partial charge in [-0.15, -0.1) is 0 Å². The fraction of sp³-hybridized carbons (Fsp3) is 1.00. The van der Waals surface area contributed by atoms with Gasteiger partial charge in [0.05, 0.1) is 0 Å². The molecule has 102 valence electrons. The Hall–Kier alpha value is 0.350. The second kappa shape index (κ2) is 4.47. The summed E-state index contributed by atoms with van der Waals surface area (Å²) in [6.07, 6.45) is 4.24. The van der Waals surface area contributed by atoms with Crippen molar-refractivity contribution in [3.05, 3.63) is 0 Å². The molecule has 3 rings (SSSR count). The van der Waals surface area contributed by atoms with Gasteiger partial charge in [-0.05, 0) is 0 Å². The molecule has 0 aromatic carbocycles. The van der Waals surface area contributed by atoms with Crippen molar-refractivity contribution in [2.24, 2.45) is 0 Å². The molecule has 0 aromatic rings. The van der Waals surface area contributed by atoms with E-state index in [0.29, 0.717) is 5.54 Å². The van der Waals surface area contributed by atoms with Gasteiger partial charge in [-0.25, -0.2) is 0 Å². The van der Waals surface area contributed by atoms with Crippen LogP contribution in [0.25, 0.3) is 0 Å². The van der Waals surface area contributed by atoms with Gasteiger partial charge in [-0.3, -0.25) is 0 Å². The van der Waals surface area contributed by atoms with Crippen LogP contribution in [0.5, 0.6) is 0 Å². The number of nitrogens with zero attached hydrogens (tertiary/aromatic N) is 2. The number of rotatable bonds is 1. The average Bonchev–Trinajstić information content (AvgIpc) is 2.45. The van der Waals surface area contributed by atoms with Crippen LogP contribution in [0.15, 0.2) is 0 Å². The molecule has 0 N–H and O–H groups in total. The van der Waals surface area contributed by atoms with Crippen molar-refractivity contribution >= 4 is 7.41 Å². The molecule has 0 aliphatic carbocycles. The van der Waals surface area contributed by atoms with Crippen molar-refractivity contribution in [1.82, 2.24) is 9.57 Å². The van der Waals surface area contributed by atoms with Crippen LogP contribution in [0.2, 0.25) is 0 Å². The SMILES string of the molecule is CC(C)(C)N1CCC2CCC1CN2[PH](C)(C)C. The predicted octanol–water partition coefficient (Wildman–Crippen LogP) is 2.88. The molecule has 17 heavy (non-hydrogen) atoms. The molecule has 3 fully saturated rings. The molecule has 3 heterocycles. The number of hydrogen-bond acceptors (Lipinski definition) is 2. The van der Waals surface area contributed by atoms with Gasteiger partial charge in [-0.2, -0.15) is 0 Å². The van der Waals surface area contributed by atoms with E-state index >= 15 is 0 Å². The van der Waals surface area contributed by atoms with Gasteiger partial charge in [-0.1, -0.05) is 0 Å². The van der Waals surface area contributed by atoms with Crippen molar-refractivity contribution in [3.63, 3.8) is 0 Å². The minimum absolute atomic E-state index is 0.342. The molecule has 2 bridgehead atoms. The van der Waals surface area contributed by atoms with Gasteiger partial charge in [0.2, 0.25) is 0 Å². The third kappa shape index (κ3) is 2.85. The quantitative estimate of drug-likeness (QED) is 0.667. The van der Waals surface area contributed by atoms with Gasteiger partial charge >= 0.3 is 108 Å². The van der Waals surface area contributed by atoms with E-state index in [2.05, 4.69) is 50.3 Å². The Labute approximate surface area is 108 Å². The van der Waals surface area contributed by atoms with Gasteiger partial charge in [0.1, 0.15) is 0 Å². The van der Waals surface area contributed by atoms with E-state index in [9.17, 15) is 0 Å². The Morgan fingerprint density at radius 1 is 0.941 bits per heavy atom. The molecule has 2 nitrogen and oxygen atoms in total. The third-order valence-corrected chi connectivity index (χ3v) is 6.82. The fourth-order valence-electron chi connectivity index (χ4n) is 3.74. The van der Waals surface area contributed by atoms with Crippen LogP contribution in [0.1, 0.15) is 40.0 Å². The van der Waals surface area contributed by atoms with Gasteiger partial charge in [0.15, 0.2) is 0 Å². The summed E-state index contributed by atoms with van der Waals surface area (Å²) in [4.78, 5) is 2.77. The van der Waals surface area contributed by atoms with Crippen LogP contribution in [0.3, 0.4) is 0 Å². The summed E-state index contributed by atoms with van der Waals surface area (Å²) in [5, 5.41) is 0. The summed E-state index contributed by atoms with van der Waals surface area (Å²) in [5.74, 6) is 0. The minimum atomic E-state index is -1.12. The molecule has 3 heteroatoms. The molecule has 2 atom stereocenters. The maximum atomic E-state index is 2.90. The van der Waals surface area contributed by atoms with Crippen molar-refractivity contribution < 1.29 is 0 Å². The fourth-order valence-corrected chi connectivity index (χ4v) is 5.85. The topological polar surface area (TPSA) is 6.48 Å². The van der Waals surface area contributed by atoms with Gasteiger partial charge in [0, 0.05) is 0 Å². The molecular weight excluding hydrogens is 227 g/mol. The van der Waals surface area contributed by atoms with E-state index in [1.807, 2.05) is 0 Å². The van der Waals surface area contributed by atoms with Crippen LogP contribution in [-0.2, 0) is 0 Å². The molecule has 3 aliphatic heterocycles. The first kappa shape index (κ1) is 13.8. The zero-order valence-corrected chi connectivity index (χ0v) is 13.6. The van der Waals surface area contributed by atoms with E-state index in [1.165, 1.54) is 32.4 Å². The first-order valence-corrected chi connectivity index (χ1v) is 10.7. The summed E-state index contributed by atoms with van der Waals surface area (Å²) >= 11 is 0. The summed E-state index contributed by atoms with van der Waals surface area (Å²) in [7, 11) is -1.12. The van der Waals surface area contributed by atoms with E-state index in [4.69, 9.17) is 0 Å². The molecule has 0 saturated carbocycles. The molecule has 3 saturated heterocycles. The number of hydrogen-bond donors (Lipinski definition) is 0. The maximum absolute atomic E-state index is 2.90. The van der Waals surface area contributed by atoms with E-state index in [-0.39, 0.29) is 0 Å². The first-order valence-electron chi connectivity index (χ1n) is 7.23. The van der Waals surface area contributed by atoms with E-state index < -0.39 is 7.41 Å². The van der Waals surface area contributed by atoms with Crippen molar-refractivity contribution in [2.75, 3.05) is 33.1 Å². The monoisotopic (exact) mass is 258 g/mol. The van der Waals surface area contributed by atoms with Crippen molar-refractivity contribution in [3.8, 4) is 0 Å². The molecule has 0 aromatic heterocycles. The van der Waals surface area contributed by atoms with Crippen LogP contribution in [-0.4, -0.2) is 60.3 Å². The van der Waals surface area contributed by atoms with Crippen LogP contribution >= 0.6 is 7.41 Å². The first-order chi connectivity index (χ1) is 7.69. The Morgan fingerprint density at radius 3 is 2.06 bits per heavy atom. The Bertz CT molecular complexity index is 265. The van der Waals surface area contributed by atoms with E-state index in [0.717, 1.165) is 12.1 Å². The molecular formula is C14H31N2P. The Kier molecular flexibility index (Phi) is 3.62. The molecule has 0 spiro atoms. The van der Waals surface area contributed by atoms with Gasteiger partial charge in [0.25, 0.3) is 0 Å². The standard InChI is InChI=1S/C14H31N2P/c1-14(2,3)15-10-9-12-7-8-13(15)11-16(12)17(4,5)6/h12-13,17H,7-11H2,1-6H3. The summed E-state index contributed by atoms with van der Waals surface area (Å²) < 4.78 is 2.90. The second-order valence-corrected chi connectivity index (χ2v) is 12.8. The Morgan fingerprint density at radius 2 is 1.53 bits per heavy atom. The molecule has 3 aliphatic rings. The van der Waals surface area contributed by atoms with Crippen LogP contribution < -0.4 is 0 Å². The summed E-state index contributed by atoms with van der Waals surface area (Å²) in [6, 6.07) is 1.69. The van der Waals surface area contributed by atoms with Crippen molar-refractivity contribution in [1.29, 1.82) is 0 Å². The third-order valence-electron chi connectivity index (χ3n) is 4.55. The molecule has 0 amide bonds. The summed E-state index contributed by atoms with van der Waals surface area (Å²) in [5.41, 5.74) is 0.342. The van der Waals surface area contributed by atoms with Crippen LogP contribution in [0.4, 0.5) is 0 Å². The van der Waals surface area contributed by atoms with E-state index in [1.54, 1.807) is 0 Å². The second-order valence-electron chi connectivity index (χ2n) is 7.86. The Balaban J connectivity index is 2.19.